The summed E-state index contributed by atoms with van der Waals surface area (Å²) in [5.74, 6) is 0. The molecular weight excluding hydrogens is 444 g/mol. The molecule has 0 rings (SSSR count). The van der Waals surface area contributed by atoms with Gasteiger partial charge in [0.25, 0.3) is 0 Å². The molecule has 0 atom stereocenters. The molecule has 5 nitrogen and oxygen atoms in total. The Bertz CT molecular complexity index is 80.6. The fourth-order valence-corrected chi connectivity index (χ4v) is 0. The Hall–Kier alpha value is 0.488. The Kier molecular flexibility index (Phi) is 58.1. The van der Waals surface area contributed by atoms with Crippen molar-refractivity contribution in [2.24, 2.45) is 0 Å². The molecule has 0 spiro atoms. The van der Waals surface area contributed by atoms with Crippen molar-refractivity contribution in [1.29, 1.82) is 0 Å². The summed E-state index contributed by atoms with van der Waals surface area (Å²) in [5, 5.41) is 47.6. The zero-order valence-electron chi connectivity index (χ0n) is 15.3. The Balaban J connectivity index is -0.0000000331. The largest absolute Gasteiger partial charge is 5.00 e. The standard InChI is InChI=1S/5C3H7O.W/c5*1-3(2)4;/h5*3H,1-2H3;/q5*-1;+5. The third-order valence-electron chi connectivity index (χ3n) is 0. The van der Waals surface area contributed by atoms with Gasteiger partial charge in [-0.1, -0.05) is 69.2 Å². The molecule has 0 saturated carbocycles. The second-order valence-electron chi connectivity index (χ2n) is 5.24. The number of hydrogen-bond donors (Lipinski definition) is 0. The van der Waals surface area contributed by atoms with Crippen LogP contribution in [0.4, 0.5) is 0 Å². The molecule has 0 bridgehead atoms. The minimum absolute atomic E-state index is 0. The van der Waals surface area contributed by atoms with Gasteiger partial charge >= 0.3 is 21.1 Å². The van der Waals surface area contributed by atoms with Crippen LogP contribution in [0.1, 0.15) is 69.2 Å². The molecule has 0 aromatic carbocycles. The normalized spacial score (nSPS) is 8.57. The summed E-state index contributed by atoms with van der Waals surface area (Å²) < 4.78 is 0. The van der Waals surface area contributed by atoms with Crippen molar-refractivity contribution in [3.05, 3.63) is 0 Å². The predicted molar refractivity (Wildman–Crippen MR) is 75.7 cm³/mol. The van der Waals surface area contributed by atoms with Crippen LogP contribution >= 0.6 is 0 Å². The average molecular weight is 479 g/mol. The number of hydrogen-bond acceptors (Lipinski definition) is 5. The zero-order valence-corrected chi connectivity index (χ0v) is 18.3. The Morgan fingerprint density at radius 3 is 0.333 bits per heavy atom. The van der Waals surface area contributed by atoms with E-state index in [1.54, 1.807) is 69.2 Å². The minimum atomic E-state index is -0.417. The zero-order chi connectivity index (χ0) is 17.9. The van der Waals surface area contributed by atoms with Crippen LogP contribution in [0.25, 0.3) is 0 Å². The molecule has 0 aromatic rings. The van der Waals surface area contributed by atoms with Gasteiger partial charge in [0.15, 0.2) is 0 Å². The van der Waals surface area contributed by atoms with Gasteiger partial charge in [-0.05, 0) is 0 Å². The molecule has 0 unspecified atom stereocenters. The van der Waals surface area contributed by atoms with Crippen LogP contribution in [0.2, 0.25) is 0 Å². The predicted octanol–water partition coefficient (Wildman–Crippen LogP) is -1.23. The van der Waals surface area contributed by atoms with Crippen molar-refractivity contribution >= 4 is 0 Å². The average Bonchev–Trinajstić information content (AvgIpc) is 1.94. The van der Waals surface area contributed by atoms with Gasteiger partial charge in [-0.3, -0.25) is 0 Å². The van der Waals surface area contributed by atoms with E-state index in [1.807, 2.05) is 0 Å². The van der Waals surface area contributed by atoms with Crippen molar-refractivity contribution < 1.29 is 46.6 Å². The maximum Gasteiger partial charge on any atom is 5.00 e. The Morgan fingerprint density at radius 2 is 0.333 bits per heavy atom. The summed E-state index contributed by atoms with van der Waals surface area (Å²) in [5.41, 5.74) is 0. The summed E-state index contributed by atoms with van der Waals surface area (Å²) in [6, 6.07) is 0. The van der Waals surface area contributed by atoms with Gasteiger partial charge < -0.3 is 25.5 Å². The molecule has 1 radical (unpaired) electrons. The maximum atomic E-state index is 9.53. The van der Waals surface area contributed by atoms with E-state index in [4.69, 9.17) is 0 Å². The molecule has 0 aliphatic carbocycles. The first-order valence-electron chi connectivity index (χ1n) is 6.95. The van der Waals surface area contributed by atoms with E-state index in [1.165, 1.54) is 0 Å². The van der Waals surface area contributed by atoms with Crippen molar-refractivity contribution in [3.8, 4) is 0 Å². The van der Waals surface area contributed by atoms with Crippen LogP contribution in [-0.2, 0) is 21.1 Å². The molecule has 0 saturated heterocycles. The van der Waals surface area contributed by atoms with Gasteiger partial charge in [-0.15, -0.1) is 30.5 Å². The van der Waals surface area contributed by atoms with Gasteiger partial charge in [0.2, 0.25) is 0 Å². The molecule has 6 heteroatoms. The maximum absolute atomic E-state index is 9.53. The summed E-state index contributed by atoms with van der Waals surface area (Å²) in [6.07, 6.45) is -2.08. The first-order valence-corrected chi connectivity index (χ1v) is 6.95. The molecule has 0 heterocycles. The minimum Gasteiger partial charge on any atom is -0.852 e. The second kappa shape index (κ2) is 32.4. The van der Waals surface area contributed by atoms with Crippen LogP contribution < -0.4 is 25.5 Å². The van der Waals surface area contributed by atoms with Gasteiger partial charge in [0, 0.05) is 0 Å². The van der Waals surface area contributed by atoms with Crippen LogP contribution in [0.5, 0.6) is 0 Å². The van der Waals surface area contributed by atoms with Crippen LogP contribution in [0, 0.1) is 0 Å². The molecule has 0 aliphatic rings. The second-order valence-corrected chi connectivity index (χ2v) is 5.24. The van der Waals surface area contributed by atoms with E-state index in [2.05, 4.69) is 0 Å². The van der Waals surface area contributed by atoms with Gasteiger partial charge in [-0.2, -0.15) is 0 Å². The topological polar surface area (TPSA) is 115 Å². The monoisotopic (exact) mass is 479 g/mol. The molecule has 0 amide bonds. The molecule has 0 fully saturated rings. The molecular formula is C15H35O5W. The van der Waals surface area contributed by atoms with Crippen molar-refractivity contribution in [3.63, 3.8) is 0 Å². The smallest absolute Gasteiger partial charge is 0.852 e. The van der Waals surface area contributed by atoms with Crippen molar-refractivity contribution in [1.82, 2.24) is 0 Å². The Labute approximate surface area is 146 Å². The van der Waals surface area contributed by atoms with Gasteiger partial charge in [0.05, 0.1) is 0 Å². The van der Waals surface area contributed by atoms with E-state index in [-0.39, 0.29) is 21.1 Å². The first-order chi connectivity index (χ1) is 8.66. The van der Waals surface area contributed by atoms with E-state index >= 15 is 0 Å². The van der Waals surface area contributed by atoms with E-state index in [9.17, 15) is 25.5 Å². The molecule has 131 valence electrons. The third kappa shape index (κ3) is 29400. The quantitative estimate of drug-likeness (QED) is 0.432. The first kappa shape index (κ1) is 37.6. The van der Waals surface area contributed by atoms with Crippen LogP contribution in [-0.4, -0.2) is 30.5 Å². The van der Waals surface area contributed by atoms with Crippen molar-refractivity contribution in [2.45, 2.75) is 99.8 Å². The summed E-state index contributed by atoms with van der Waals surface area (Å²) in [4.78, 5) is 0. The molecule has 0 N–H and O–H groups in total. The van der Waals surface area contributed by atoms with Crippen LogP contribution in [0.3, 0.4) is 0 Å². The van der Waals surface area contributed by atoms with E-state index < -0.39 is 30.5 Å². The van der Waals surface area contributed by atoms with E-state index in [0.717, 1.165) is 0 Å². The van der Waals surface area contributed by atoms with Gasteiger partial charge in [-0.25, -0.2) is 0 Å². The summed E-state index contributed by atoms with van der Waals surface area (Å²) in [6.45, 7) is 16.1. The fraction of sp³-hybridized carbons (Fsp3) is 1.00. The van der Waals surface area contributed by atoms with E-state index in [0.29, 0.717) is 0 Å². The third-order valence-corrected chi connectivity index (χ3v) is 0. The molecule has 0 aliphatic heterocycles. The summed E-state index contributed by atoms with van der Waals surface area (Å²) >= 11 is 0. The SMILES string of the molecule is CC(C)[O-].CC(C)[O-].CC(C)[O-].CC(C)[O-].CC(C)[O-].[W+5]. The fourth-order valence-electron chi connectivity index (χ4n) is 0. The van der Waals surface area contributed by atoms with Crippen molar-refractivity contribution in [2.75, 3.05) is 0 Å². The van der Waals surface area contributed by atoms with Gasteiger partial charge in [0.1, 0.15) is 0 Å². The Morgan fingerprint density at radius 1 is 0.333 bits per heavy atom. The molecule has 21 heavy (non-hydrogen) atoms. The number of rotatable bonds is 0. The summed E-state index contributed by atoms with van der Waals surface area (Å²) in [7, 11) is 0. The molecule has 0 aromatic heterocycles. The van der Waals surface area contributed by atoms with Crippen LogP contribution in [0.15, 0.2) is 0 Å².